The minimum Gasteiger partial charge on any atom is -0.482 e. The molecular formula is C13H17F3N2O3. The van der Waals surface area contributed by atoms with Crippen molar-refractivity contribution in [1.29, 1.82) is 0 Å². The van der Waals surface area contributed by atoms with E-state index in [0.717, 1.165) is 0 Å². The molecule has 1 atom stereocenters. The van der Waals surface area contributed by atoms with E-state index in [1.54, 1.807) is 6.92 Å². The molecule has 0 aliphatic carbocycles. The Hall–Kier alpha value is -1.83. The largest absolute Gasteiger partial charge is 0.482 e. The predicted octanol–water partition coefficient (Wildman–Crippen LogP) is 1.91. The molecule has 1 rings (SSSR count). The second-order valence-corrected chi connectivity index (χ2v) is 4.36. The highest BCUT2D eigenvalue weighted by molar-refractivity contribution is 5.94. The standard InChI is InChI=1S/C13H17F3N2O3/c1-2-9(19)5-7-18-12(20)11-10(4-3-6-17-11)21-8-13(14,15)16/h3-4,6,9,19H,2,5,7-8H2,1H3,(H,18,20). The predicted molar refractivity (Wildman–Crippen MR) is 69.0 cm³/mol. The topological polar surface area (TPSA) is 71.5 Å². The highest BCUT2D eigenvalue weighted by atomic mass is 19.4. The van der Waals surface area contributed by atoms with Gasteiger partial charge in [0, 0.05) is 12.7 Å². The van der Waals surface area contributed by atoms with E-state index in [1.807, 2.05) is 0 Å². The number of alkyl halides is 3. The summed E-state index contributed by atoms with van der Waals surface area (Å²) in [5, 5.41) is 11.8. The molecule has 5 nitrogen and oxygen atoms in total. The van der Waals surface area contributed by atoms with Crippen molar-refractivity contribution in [3.05, 3.63) is 24.0 Å². The second-order valence-electron chi connectivity index (χ2n) is 4.36. The summed E-state index contributed by atoms with van der Waals surface area (Å²) in [5.41, 5.74) is -0.215. The van der Waals surface area contributed by atoms with E-state index >= 15 is 0 Å². The van der Waals surface area contributed by atoms with Crippen LogP contribution in [-0.4, -0.2) is 41.4 Å². The van der Waals surface area contributed by atoms with Crippen molar-refractivity contribution in [2.45, 2.75) is 32.0 Å². The Balaban J connectivity index is 2.62. The molecule has 0 aliphatic heterocycles. The van der Waals surface area contributed by atoms with Crippen LogP contribution >= 0.6 is 0 Å². The van der Waals surface area contributed by atoms with Crippen molar-refractivity contribution < 1.29 is 27.8 Å². The first-order chi connectivity index (χ1) is 9.83. The molecule has 0 bridgehead atoms. The number of pyridine rings is 1. The summed E-state index contributed by atoms with van der Waals surface area (Å²) in [6, 6.07) is 2.62. The van der Waals surface area contributed by atoms with E-state index in [1.165, 1.54) is 18.3 Å². The number of aliphatic hydroxyl groups is 1. The van der Waals surface area contributed by atoms with Crippen LogP contribution in [0.1, 0.15) is 30.3 Å². The number of hydrogen-bond acceptors (Lipinski definition) is 4. The molecule has 118 valence electrons. The third-order valence-corrected chi connectivity index (χ3v) is 2.61. The zero-order valence-corrected chi connectivity index (χ0v) is 11.5. The van der Waals surface area contributed by atoms with Gasteiger partial charge >= 0.3 is 6.18 Å². The number of hydrogen-bond donors (Lipinski definition) is 2. The molecule has 1 heterocycles. The lowest BCUT2D eigenvalue weighted by atomic mass is 10.2. The molecule has 0 saturated carbocycles. The van der Waals surface area contributed by atoms with Crippen molar-refractivity contribution in [2.75, 3.05) is 13.2 Å². The first kappa shape index (κ1) is 17.2. The van der Waals surface area contributed by atoms with Crippen LogP contribution in [0.5, 0.6) is 5.75 Å². The van der Waals surface area contributed by atoms with Crippen molar-refractivity contribution in [1.82, 2.24) is 10.3 Å². The van der Waals surface area contributed by atoms with Gasteiger partial charge in [-0.3, -0.25) is 4.79 Å². The molecule has 1 aromatic rings. The number of carbonyl (C=O) groups is 1. The lowest BCUT2D eigenvalue weighted by molar-refractivity contribution is -0.153. The maximum Gasteiger partial charge on any atom is 0.422 e. The van der Waals surface area contributed by atoms with Crippen LogP contribution in [0, 0.1) is 0 Å². The zero-order valence-electron chi connectivity index (χ0n) is 11.5. The molecule has 0 aromatic carbocycles. The van der Waals surface area contributed by atoms with Gasteiger partial charge in [0.15, 0.2) is 18.1 Å². The molecule has 21 heavy (non-hydrogen) atoms. The molecule has 2 N–H and O–H groups in total. The van der Waals surface area contributed by atoms with Crippen molar-refractivity contribution in [2.24, 2.45) is 0 Å². The fourth-order valence-corrected chi connectivity index (χ4v) is 1.48. The van der Waals surface area contributed by atoms with E-state index in [4.69, 9.17) is 0 Å². The number of aliphatic hydroxyl groups excluding tert-OH is 1. The van der Waals surface area contributed by atoms with Crippen LogP contribution in [0.3, 0.4) is 0 Å². The Labute approximate surface area is 120 Å². The first-order valence-corrected chi connectivity index (χ1v) is 6.44. The van der Waals surface area contributed by atoms with Crippen LogP contribution in [0.4, 0.5) is 13.2 Å². The number of aromatic nitrogens is 1. The number of halogens is 3. The molecule has 0 radical (unpaired) electrons. The number of carbonyl (C=O) groups excluding carboxylic acids is 1. The van der Waals surface area contributed by atoms with Crippen molar-refractivity contribution >= 4 is 5.91 Å². The first-order valence-electron chi connectivity index (χ1n) is 6.44. The summed E-state index contributed by atoms with van der Waals surface area (Å²) in [7, 11) is 0. The second kappa shape index (κ2) is 7.82. The van der Waals surface area contributed by atoms with E-state index < -0.39 is 24.8 Å². The Morgan fingerprint density at radius 2 is 2.24 bits per heavy atom. The molecule has 0 aliphatic rings. The third-order valence-electron chi connectivity index (χ3n) is 2.61. The Morgan fingerprint density at radius 3 is 2.86 bits per heavy atom. The highest BCUT2D eigenvalue weighted by Crippen LogP contribution is 2.20. The highest BCUT2D eigenvalue weighted by Gasteiger charge is 2.29. The van der Waals surface area contributed by atoms with Crippen LogP contribution in [0.15, 0.2) is 18.3 Å². The molecule has 8 heteroatoms. The Kier molecular flexibility index (Phi) is 6.41. The summed E-state index contributed by atoms with van der Waals surface area (Å²) in [6.45, 7) is 0.505. The fourth-order valence-electron chi connectivity index (χ4n) is 1.48. The summed E-state index contributed by atoms with van der Waals surface area (Å²) in [5.74, 6) is -0.876. The maximum absolute atomic E-state index is 12.1. The summed E-state index contributed by atoms with van der Waals surface area (Å²) < 4.78 is 41.0. The smallest absolute Gasteiger partial charge is 0.422 e. The third kappa shape index (κ3) is 6.44. The Bertz CT molecular complexity index is 466. The van der Waals surface area contributed by atoms with Crippen molar-refractivity contribution in [3.63, 3.8) is 0 Å². The molecule has 0 saturated heterocycles. The Morgan fingerprint density at radius 1 is 1.52 bits per heavy atom. The number of nitrogens with zero attached hydrogens (tertiary/aromatic N) is 1. The van der Waals surface area contributed by atoms with Crippen LogP contribution < -0.4 is 10.1 Å². The quantitative estimate of drug-likeness (QED) is 0.807. The van der Waals surface area contributed by atoms with E-state index in [0.29, 0.717) is 12.8 Å². The van der Waals surface area contributed by atoms with Gasteiger partial charge in [0.05, 0.1) is 6.10 Å². The van der Waals surface area contributed by atoms with Gasteiger partial charge in [-0.1, -0.05) is 6.92 Å². The molecular weight excluding hydrogens is 289 g/mol. The fraction of sp³-hybridized carbons (Fsp3) is 0.538. The van der Waals surface area contributed by atoms with Crippen LogP contribution in [0.2, 0.25) is 0 Å². The molecule has 1 unspecified atom stereocenters. The molecule has 0 fully saturated rings. The SMILES string of the molecule is CCC(O)CCNC(=O)c1ncccc1OCC(F)(F)F. The van der Waals surface area contributed by atoms with Gasteiger partial charge < -0.3 is 15.2 Å². The van der Waals surface area contributed by atoms with Gasteiger partial charge in [-0.2, -0.15) is 13.2 Å². The monoisotopic (exact) mass is 306 g/mol. The zero-order chi connectivity index (χ0) is 15.9. The summed E-state index contributed by atoms with van der Waals surface area (Å²) in [4.78, 5) is 15.6. The molecule has 0 spiro atoms. The van der Waals surface area contributed by atoms with Gasteiger partial charge in [-0.05, 0) is 25.0 Å². The molecule has 1 aromatic heterocycles. The van der Waals surface area contributed by atoms with Gasteiger partial charge in [-0.25, -0.2) is 4.98 Å². The minimum atomic E-state index is -4.49. The summed E-state index contributed by atoms with van der Waals surface area (Å²) >= 11 is 0. The lowest BCUT2D eigenvalue weighted by Gasteiger charge is -2.13. The lowest BCUT2D eigenvalue weighted by Crippen LogP contribution is -2.29. The van der Waals surface area contributed by atoms with Crippen LogP contribution in [-0.2, 0) is 0 Å². The minimum absolute atomic E-state index is 0.198. The average molecular weight is 306 g/mol. The van der Waals surface area contributed by atoms with E-state index in [9.17, 15) is 23.1 Å². The number of rotatable bonds is 7. The van der Waals surface area contributed by atoms with Gasteiger partial charge in [0.2, 0.25) is 0 Å². The molecule has 1 amide bonds. The number of nitrogens with one attached hydrogen (secondary N) is 1. The number of ether oxygens (including phenoxy) is 1. The number of amides is 1. The summed E-state index contributed by atoms with van der Waals surface area (Å²) in [6.07, 6.45) is -2.83. The normalized spacial score (nSPS) is 12.8. The average Bonchev–Trinajstić information content (AvgIpc) is 2.44. The van der Waals surface area contributed by atoms with Crippen LogP contribution in [0.25, 0.3) is 0 Å². The van der Waals surface area contributed by atoms with Crippen molar-refractivity contribution in [3.8, 4) is 5.75 Å². The van der Waals surface area contributed by atoms with Gasteiger partial charge in [-0.15, -0.1) is 0 Å². The van der Waals surface area contributed by atoms with E-state index in [-0.39, 0.29) is 18.0 Å². The van der Waals surface area contributed by atoms with Gasteiger partial charge in [0.25, 0.3) is 5.91 Å². The van der Waals surface area contributed by atoms with Gasteiger partial charge in [0.1, 0.15) is 0 Å². The maximum atomic E-state index is 12.1. The van der Waals surface area contributed by atoms with E-state index in [2.05, 4.69) is 15.0 Å².